The molecular weight excluding hydrogens is 512 g/mol. The van der Waals surface area contributed by atoms with Gasteiger partial charge in [-0.2, -0.15) is 5.26 Å². The fourth-order valence-electron chi connectivity index (χ4n) is 4.12. The predicted octanol–water partition coefficient (Wildman–Crippen LogP) is 4.88. The molecule has 0 amide bonds. The molecule has 1 atom stereocenters. The minimum absolute atomic E-state index is 0.0660. The number of fused-ring (bicyclic) bond motifs is 1. The van der Waals surface area contributed by atoms with Gasteiger partial charge < -0.3 is 34.2 Å². The third-order valence-electron chi connectivity index (χ3n) is 5.93. The summed E-state index contributed by atoms with van der Waals surface area (Å²) in [6.45, 7) is 1.53. The zero-order chi connectivity index (χ0) is 27.4. The van der Waals surface area contributed by atoms with Gasteiger partial charge in [-0.3, -0.25) is 0 Å². The molecule has 1 unspecified atom stereocenters. The minimum Gasteiger partial charge on any atom is -0.493 e. The van der Waals surface area contributed by atoms with E-state index in [-0.39, 0.29) is 23.8 Å². The Hall–Kier alpha value is -4.55. The third kappa shape index (κ3) is 5.26. The Labute approximate surface area is 224 Å². The molecule has 1 aliphatic rings. The number of methoxy groups -OCH3 is 3. The molecule has 38 heavy (non-hydrogen) atoms. The normalized spacial score (nSPS) is 14.1. The molecule has 2 N–H and O–H groups in total. The molecule has 4 rings (SSSR count). The summed E-state index contributed by atoms with van der Waals surface area (Å²) in [6.07, 6.45) is 0. The molecule has 0 spiro atoms. The van der Waals surface area contributed by atoms with Gasteiger partial charge in [0.25, 0.3) is 0 Å². The van der Waals surface area contributed by atoms with E-state index in [2.05, 4.69) is 6.07 Å². The lowest BCUT2D eigenvalue weighted by atomic mass is 9.83. The van der Waals surface area contributed by atoms with E-state index >= 15 is 0 Å². The van der Waals surface area contributed by atoms with Crippen molar-refractivity contribution in [2.45, 2.75) is 12.8 Å². The number of carbonyl (C=O) groups excluding carboxylic acids is 1. The van der Waals surface area contributed by atoms with Crippen LogP contribution in [0.2, 0.25) is 5.02 Å². The van der Waals surface area contributed by atoms with Crippen LogP contribution in [0.1, 0.15) is 22.6 Å². The van der Waals surface area contributed by atoms with Crippen LogP contribution in [0.15, 0.2) is 60.0 Å². The van der Waals surface area contributed by atoms with Crippen LogP contribution >= 0.6 is 11.6 Å². The Morgan fingerprint density at radius 3 is 2.32 bits per heavy atom. The number of nitrogens with two attached hydrogens (primary N) is 1. The molecule has 3 aromatic carbocycles. The number of rotatable bonds is 8. The van der Waals surface area contributed by atoms with Crippen LogP contribution in [0.3, 0.4) is 0 Å². The van der Waals surface area contributed by atoms with Crippen molar-refractivity contribution < 1.29 is 33.2 Å². The maximum absolute atomic E-state index is 12.4. The highest BCUT2D eigenvalue weighted by molar-refractivity contribution is 6.31. The van der Waals surface area contributed by atoms with Crippen molar-refractivity contribution in [1.82, 2.24) is 0 Å². The van der Waals surface area contributed by atoms with Crippen LogP contribution in [0, 0.1) is 18.3 Å². The van der Waals surface area contributed by atoms with Crippen LogP contribution in [0.5, 0.6) is 34.5 Å². The summed E-state index contributed by atoms with van der Waals surface area (Å²) in [4.78, 5) is 12.4. The SMILES string of the molecule is COc1cc(C2C(C#N)=C(N)Oc3cc(OC(=O)COc4ccc(Cl)c(C)c4)ccc32)cc(OC)c1OC. The van der Waals surface area contributed by atoms with Crippen molar-refractivity contribution in [3.8, 4) is 40.6 Å². The topological polar surface area (TPSA) is 122 Å². The molecule has 9 nitrogen and oxygen atoms in total. The van der Waals surface area contributed by atoms with Gasteiger partial charge >= 0.3 is 5.97 Å². The molecule has 1 heterocycles. The lowest BCUT2D eigenvalue weighted by Gasteiger charge is -2.27. The Morgan fingerprint density at radius 1 is 1.03 bits per heavy atom. The Kier molecular flexibility index (Phi) is 7.84. The number of hydrogen-bond acceptors (Lipinski definition) is 9. The quantitative estimate of drug-likeness (QED) is 0.317. The Balaban J connectivity index is 1.61. The number of allylic oxidation sites excluding steroid dienone is 1. The molecule has 0 fully saturated rings. The molecule has 0 saturated heterocycles. The predicted molar refractivity (Wildman–Crippen MR) is 139 cm³/mol. The first-order valence-corrected chi connectivity index (χ1v) is 11.8. The number of nitrogens with zero attached hydrogens (tertiary/aromatic N) is 1. The van der Waals surface area contributed by atoms with E-state index in [4.69, 9.17) is 45.8 Å². The van der Waals surface area contributed by atoms with E-state index in [0.29, 0.717) is 44.9 Å². The Morgan fingerprint density at radius 2 is 1.71 bits per heavy atom. The van der Waals surface area contributed by atoms with Crippen LogP contribution in [0.4, 0.5) is 0 Å². The second-order valence-corrected chi connectivity index (χ2v) is 8.66. The smallest absolute Gasteiger partial charge is 0.349 e. The first-order valence-electron chi connectivity index (χ1n) is 11.4. The van der Waals surface area contributed by atoms with Crippen molar-refractivity contribution in [2.75, 3.05) is 27.9 Å². The monoisotopic (exact) mass is 536 g/mol. The third-order valence-corrected chi connectivity index (χ3v) is 6.35. The van der Waals surface area contributed by atoms with Crippen LogP contribution in [-0.4, -0.2) is 33.9 Å². The van der Waals surface area contributed by atoms with Gasteiger partial charge in [0, 0.05) is 16.7 Å². The molecule has 196 valence electrons. The number of hydrogen-bond donors (Lipinski definition) is 1. The number of halogens is 1. The van der Waals surface area contributed by atoms with Gasteiger partial charge in [0.1, 0.15) is 28.9 Å². The van der Waals surface area contributed by atoms with E-state index in [1.807, 2.05) is 6.92 Å². The summed E-state index contributed by atoms with van der Waals surface area (Å²) in [5.41, 5.74) is 8.47. The number of ether oxygens (including phenoxy) is 6. The molecule has 0 saturated carbocycles. The molecule has 0 aliphatic carbocycles. The molecular formula is C28H25ClN2O7. The van der Waals surface area contributed by atoms with Crippen molar-refractivity contribution in [2.24, 2.45) is 5.73 Å². The molecule has 1 aliphatic heterocycles. The van der Waals surface area contributed by atoms with E-state index in [1.165, 1.54) is 27.4 Å². The number of esters is 1. The summed E-state index contributed by atoms with van der Waals surface area (Å²) in [5.74, 6) is 1.03. The average molecular weight is 537 g/mol. The average Bonchev–Trinajstić information content (AvgIpc) is 2.91. The van der Waals surface area contributed by atoms with Crippen molar-refractivity contribution in [3.05, 3.63) is 81.7 Å². The van der Waals surface area contributed by atoms with Crippen molar-refractivity contribution in [1.29, 1.82) is 5.26 Å². The van der Waals surface area contributed by atoms with Crippen molar-refractivity contribution >= 4 is 17.6 Å². The second-order valence-electron chi connectivity index (χ2n) is 8.26. The van der Waals surface area contributed by atoms with Gasteiger partial charge in [-0.25, -0.2) is 4.79 Å². The highest BCUT2D eigenvalue weighted by atomic mass is 35.5. The van der Waals surface area contributed by atoms with Crippen LogP contribution in [0.25, 0.3) is 0 Å². The van der Waals surface area contributed by atoms with Gasteiger partial charge in [0.2, 0.25) is 11.6 Å². The zero-order valence-corrected chi connectivity index (χ0v) is 21.9. The number of nitriles is 1. The lowest BCUT2D eigenvalue weighted by molar-refractivity contribution is -0.136. The largest absolute Gasteiger partial charge is 0.493 e. The second kappa shape index (κ2) is 11.2. The van der Waals surface area contributed by atoms with Gasteiger partial charge in [-0.1, -0.05) is 17.7 Å². The first kappa shape index (κ1) is 26.5. The summed E-state index contributed by atoms with van der Waals surface area (Å²) in [5, 5.41) is 10.5. The van der Waals surface area contributed by atoms with Crippen LogP contribution < -0.4 is 34.2 Å². The summed E-state index contributed by atoms with van der Waals surface area (Å²) >= 11 is 6.02. The summed E-state index contributed by atoms with van der Waals surface area (Å²) in [6, 6.07) is 15.6. The maximum atomic E-state index is 12.4. The molecule has 0 radical (unpaired) electrons. The number of benzene rings is 3. The van der Waals surface area contributed by atoms with Gasteiger partial charge in [-0.05, 0) is 54.4 Å². The maximum Gasteiger partial charge on any atom is 0.349 e. The molecule has 3 aromatic rings. The fraction of sp³-hybridized carbons (Fsp3) is 0.214. The lowest BCUT2D eigenvalue weighted by Crippen LogP contribution is -2.22. The fourth-order valence-corrected chi connectivity index (χ4v) is 4.24. The van der Waals surface area contributed by atoms with E-state index < -0.39 is 11.9 Å². The highest BCUT2D eigenvalue weighted by Gasteiger charge is 2.32. The highest BCUT2D eigenvalue weighted by Crippen LogP contribution is 2.47. The molecule has 0 bridgehead atoms. The number of carbonyl (C=O) groups is 1. The first-order chi connectivity index (χ1) is 18.3. The zero-order valence-electron chi connectivity index (χ0n) is 21.2. The summed E-state index contributed by atoms with van der Waals surface area (Å²) < 4.78 is 33.1. The molecule has 10 heteroatoms. The van der Waals surface area contributed by atoms with Crippen molar-refractivity contribution in [3.63, 3.8) is 0 Å². The van der Waals surface area contributed by atoms with Gasteiger partial charge in [0.15, 0.2) is 18.1 Å². The molecule has 0 aromatic heterocycles. The Bertz CT molecular complexity index is 1440. The standard InChI is InChI=1S/C28H25ClN2O7/c1-15-9-17(6-8-21(15)29)36-14-25(32)37-18-5-7-19-22(12-18)38-28(31)20(13-30)26(19)16-10-23(33-2)27(35-4)24(11-16)34-3/h5-12,26H,14,31H2,1-4H3. The van der Waals surface area contributed by atoms with E-state index in [1.54, 1.807) is 42.5 Å². The van der Waals surface area contributed by atoms with Gasteiger partial charge in [0.05, 0.1) is 27.2 Å². The van der Waals surface area contributed by atoms with Crippen LogP contribution in [-0.2, 0) is 4.79 Å². The summed E-state index contributed by atoms with van der Waals surface area (Å²) in [7, 11) is 4.52. The minimum atomic E-state index is -0.615. The van der Waals surface area contributed by atoms with E-state index in [0.717, 1.165) is 5.56 Å². The van der Waals surface area contributed by atoms with Gasteiger partial charge in [-0.15, -0.1) is 0 Å². The van der Waals surface area contributed by atoms with E-state index in [9.17, 15) is 10.1 Å². The number of aryl methyl sites for hydroxylation is 1.